The van der Waals surface area contributed by atoms with Crippen LogP contribution in [-0.2, 0) is 0 Å². The molecule has 3 N–H and O–H groups in total. The smallest absolute Gasteiger partial charge is 0.319 e. The highest BCUT2D eigenvalue weighted by Crippen LogP contribution is 2.61. The summed E-state index contributed by atoms with van der Waals surface area (Å²) in [6, 6.07) is 6.71. The lowest BCUT2D eigenvalue weighted by Gasteiger charge is -2.59. The number of benzene rings is 1. The van der Waals surface area contributed by atoms with Gasteiger partial charge in [0.15, 0.2) is 0 Å². The van der Waals surface area contributed by atoms with Gasteiger partial charge in [-0.05, 0) is 80.8 Å². The third-order valence-electron chi connectivity index (χ3n) is 6.46. The summed E-state index contributed by atoms with van der Waals surface area (Å²) in [5.41, 5.74) is 0.936. The molecule has 0 heterocycles. The Bertz CT molecular complexity index is 578. The van der Waals surface area contributed by atoms with Crippen LogP contribution in [0.3, 0.4) is 0 Å². The van der Waals surface area contributed by atoms with Gasteiger partial charge in [-0.15, -0.1) is 0 Å². The highest BCUT2D eigenvalue weighted by Gasteiger charge is 2.53. The Morgan fingerprint density at radius 3 is 2.35 bits per heavy atom. The molecule has 0 aromatic heterocycles. The molecule has 1 atom stereocenters. The average Bonchev–Trinajstić information content (AvgIpc) is 2.45. The van der Waals surface area contributed by atoms with E-state index in [0.29, 0.717) is 11.1 Å². The molecule has 1 aromatic carbocycles. The molecule has 0 aliphatic heterocycles. The van der Waals surface area contributed by atoms with Crippen LogP contribution in [0.15, 0.2) is 24.3 Å². The third kappa shape index (κ3) is 2.79. The van der Waals surface area contributed by atoms with Crippen LogP contribution in [0.2, 0.25) is 0 Å². The maximum atomic E-state index is 12.3. The van der Waals surface area contributed by atoms with E-state index in [1.807, 2.05) is 0 Å². The summed E-state index contributed by atoms with van der Waals surface area (Å²) in [5.74, 6) is 2.83. The van der Waals surface area contributed by atoms with Crippen molar-refractivity contribution >= 4 is 11.7 Å². The summed E-state index contributed by atoms with van der Waals surface area (Å²) >= 11 is 0. The first kappa shape index (κ1) is 14.9. The number of urea groups is 1. The Morgan fingerprint density at radius 1 is 1.17 bits per heavy atom. The predicted octanol–water partition coefficient (Wildman–Crippen LogP) is 4.12. The molecule has 2 amide bonds. The zero-order chi connectivity index (χ0) is 16.0. The summed E-state index contributed by atoms with van der Waals surface area (Å²) in [7, 11) is 0. The molecule has 124 valence electrons. The molecule has 4 bridgehead atoms. The van der Waals surface area contributed by atoms with E-state index in [1.165, 1.54) is 38.5 Å². The molecule has 4 aliphatic rings. The second kappa shape index (κ2) is 5.43. The lowest BCUT2D eigenvalue weighted by molar-refractivity contribution is -0.0679. The van der Waals surface area contributed by atoms with Crippen molar-refractivity contribution in [3.05, 3.63) is 24.3 Å². The van der Waals surface area contributed by atoms with Crippen molar-refractivity contribution in [1.29, 1.82) is 0 Å². The van der Waals surface area contributed by atoms with E-state index in [0.717, 1.165) is 17.8 Å². The normalized spacial score (nSPS) is 35.8. The Kier molecular flexibility index (Phi) is 3.51. The summed E-state index contributed by atoms with van der Waals surface area (Å²) in [4.78, 5) is 12.3. The van der Waals surface area contributed by atoms with Crippen LogP contribution in [0.25, 0.3) is 0 Å². The first-order valence-corrected chi connectivity index (χ1v) is 8.89. The van der Waals surface area contributed by atoms with E-state index >= 15 is 0 Å². The summed E-state index contributed by atoms with van der Waals surface area (Å²) in [6.45, 7) is 2.18. The van der Waals surface area contributed by atoms with Crippen molar-refractivity contribution in [3.63, 3.8) is 0 Å². The largest absolute Gasteiger partial charge is 0.508 e. The minimum atomic E-state index is -0.168. The van der Waals surface area contributed by atoms with E-state index < -0.39 is 0 Å². The molecule has 5 rings (SSSR count). The van der Waals surface area contributed by atoms with Crippen LogP contribution in [0.4, 0.5) is 10.5 Å². The minimum Gasteiger partial charge on any atom is -0.508 e. The van der Waals surface area contributed by atoms with Crippen molar-refractivity contribution in [1.82, 2.24) is 5.32 Å². The zero-order valence-electron chi connectivity index (χ0n) is 13.7. The quantitative estimate of drug-likeness (QED) is 0.786. The van der Waals surface area contributed by atoms with Crippen molar-refractivity contribution < 1.29 is 9.90 Å². The molecule has 4 heteroatoms. The molecule has 0 spiro atoms. The van der Waals surface area contributed by atoms with E-state index in [9.17, 15) is 9.90 Å². The Hall–Kier alpha value is -1.71. The number of phenolic OH excluding ortho intramolecular Hbond substituents is 1. The van der Waals surface area contributed by atoms with E-state index in [-0.39, 0.29) is 17.8 Å². The average molecular weight is 314 g/mol. The number of rotatable bonds is 3. The SMILES string of the molecule is CC(NC(=O)Nc1cccc(O)c1)C12CC3CC(CC(C3)C1)C2. The molecule has 1 unspecified atom stereocenters. The van der Waals surface area contributed by atoms with Gasteiger partial charge in [-0.25, -0.2) is 4.79 Å². The zero-order valence-corrected chi connectivity index (χ0v) is 13.7. The fraction of sp³-hybridized carbons (Fsp3) is 0.632. The first-order valence-electron chi connectivity index (χ1n) is 8.89. The minimum absolute atomic E-state index is 0.164. The molecule has 0 radical (unpaired) electrons. The second-order valence-electron chi connectivity index (χ2n) is 8.15. The maximum Gasteiger partial charge on any atom is 0.319 e. The third-order valence-corrected chi connectivity index (χ3v) is 6.46. The molecule has 4 nitrogen and oxygen atoms in total. The highest BCUT2D eigenvalue weighted by atomic mass is 16.3. The number of phenols is 1. The summed E-state index contributed by atoms with van der Waals surface area (Å²) in [6.07, 6.45) is 8.11. The predicted molar refractivity (Wildman–Crippen MR) is 90.3 cm³/mol. The van der Waals surface area contributed by atoms with Crippen molar-refractivity contribution in [2.75, 3.05) is 5.32 Å². The van der Waals surface area contributed by atoms with E-state index in [1.54, 1.807) is 24.3 Å². The van der Waals surface area contributed by atoms with Gasteiger partial charge in [-0.1, -0.05) is 6.07 Å². The van der Waals surface area contributed by atoms with E-state index in [2.05, 4.69) is 17.6 Å². The van der Waals surface area contributed by atoms with Gasteiger partial charge < -0.3 is 15.7 Å². The molecule has 0 saturated heterocycles. The monoisotopic (exact) mass is 314 g/mol. The molecule has 4 fully saturated rings. The van der Waals surface area contributed by atoms with Crippen molar-refractivity contribution in [2.45, 2.75) is 51.5 Å². The Morgan fingerprint density at radius 2 is 1.78 bits per heavy atom. The van der Waals surface area contributed by atoms with Crippen LogP contribution in [-0.4, -0.2) is 17.2 Å². The van der Waals surface area contributed by atoms with Crippen molar-refractivity contribution in [3.8, 4) is 5.75 Å². The van der Waals surface area contributed by atoms with E-state index in [4.69, 9.17) is 0 Å². The first-order chi connectivity index (χ1) is 11.0. The number of carbonyl (C=O) groups is 1. The fourth-order valence-corrected chi connectivity index (χ4v) is 5.81. The van der Waals surface area contributed by atoms with Gasteiger partial charge in [0.1, 0.15) is 5.75 Å². The molecule has 4 saturated carbocycles. The number of hydrogen-bond donors (Lipinski definition) is 3. The Balaban J connectivity index is 1.41. The van der Waals surface area contributed by atoms with Crippen LogP contribution < -0.4 is 10.6 Å². The van der Waals surface area contributed by atoms with Gasteiger partial charge in [-0.3, -0.25) is 0 Å². The molecule has 1 aromatic rings. The van der Waals surface area contributed by atoms with Crippen LogP contribution in [0.5, 0.6) is 5.75 Å². The molecule has 23 heavy (non-hydrogen) atoms. The van der Waals surface area contributed by atoms with Gasteiger partial charge in [0, 0.05) is 17.8 Å². The standard InChI is InChI=1S/C19H26N2O2/c1-12(20-18(23)21-16-3-2-4-17(22)8-16)19-9-13-5-14(10-19)7-15(6-13)11-19/h2-4,8,12-15,22H,5-7,9-11H2,1H3,(H2,20,21,23). The molecular formula is C19H26N2O2. The van der Waals surface area contributed by atoms with Gasteiger partial charge in [0.05, 0.1) is 0 Å². The lowest BCUT2D eigenvalue weighted by atomic mass is 9.48. The highest BCUT2D eigenvalue weighted by molar-refractivity contribution is 5.89. The number of hydrogen-bond acceptors (Lipinski definition) is 2. The van der Waals surface area contributed by atoms with Crippen LogP contribution >= 0.6 is 0 Å². The maximum absolute atomic E-state index is 12.3. The van der Waals surface area contributed by atoms with Gasteiger partial charge in [-0.2, -0.15) is 0 Å². The summed E-state index contributed by atoms with van der Waals surface area (Å²) in [5, 5.41) is 15.5. The second-order valence-corrected chi connectivity index (χ2v) is 8.15. The van der Waals surface area contributed by atoms with Crippen molar-refractivity contribution in [2.24, 2.45) is 23.2 Å². The number of carbonyl (C=O) groups excluding carboxylic acids is 1. The molecular weight excluding hydrogens is 288 g/mol. The van der Waals surface area contributed by atoms with Crippen LogP contribution in [0.1, 0.15) is 45.4 Å². The lowest BCUT2D eigenvalue weighted by Crippen LogP contribution is -2.56. The molecule has 4 aliphatic carbocycles. The summed E-state index contributed by atoms with van der Waals surface area (Å²) < 4.78 is 0. The van der Waals surface area contributed by atoms with Crippen LogP contribution in [0, 0.1) is 23.2 Å². The number of nitrogens with one attached hydrogen (secondary N) is 2. The Labute approximate surface area is 137 Å². The number of aromatic hydroxyl groups is 1. The van der Waals surface area contributed by atoms with Gasteiger partial charge in [0.2, 0.25) is 0 Å². The van der Waals surface area contributed by atoms with Gasteiger partial charge >= 0.3 is 6.03 Å². The number of amides is 2. The fourth-order valence-electron chi connectivity index (χ4n) is 5.81. The number of anilines is 1. The topological polar surface area (TPSA) is 61.4 Å². The van der Waals surface area contributed by atoms with Gasteiger partial charge in [0.25, 0.3) is 0 Å².